The summed E-state index contributed by atoms with van der Waals surface area (Å²) >= 11 is 0. The van der Waals surface area contributed by atoms with Crippen LogP contribution in [-0.4, -0.2) is 14.8 Å². The summed E-state index contributed by atoms with van der Waals surface area (Å²) in [7, 11) is 1.75. The molecule has 0 saturated heterocycles. The lowest BCUT2D eigenvalue weighted by Crippen LogP contribution is -1.97. The largest absolute Gasteiger partial charge is 0.398 e. The minimum absolute atomic E-state index is 0.393. The van der Waals surface area contributed by atoms with Gasteiger partial charge in [-0.15, -0.1) is 5.10 Å². The van der Waals surface area contributed by atoms with Gasteiger partial charge in [-0.1, -0.05) is 12.1 Å². The third-order valence-electron chi connectivity index (χ3n) is 2.33. The Balaban J connectivity index is 2.49. The van der Waals surface area contributed by atoms with Gasteiger partial charge in [0.1, 0.15) is 0 Å². The normalized spacial score (nSPS) is 10.5. The molecule has 5 nitrogen and oxygen atoms in total. The van der Waals surface area contributed by atoms with Gasteiger partial charge in [0.25, 0.3) is 0 Å². The Morgan fingerprint density at radius 3 is 2.53 bits per heavy atom. The van der Waals surface area contributed by atoms with Gasteiger partial charge in [0, 0.05) is 18.3 Å². The maximum absolute atomic E-state index is 5.81. The summed E-state index contributed by atoms with van der Waals surface area (Å²) < 4.78 is 1.53. The van der Waals surface area contributed by atoms with Gasteiger partial charge < -0.3 is 11.5 Å². The first-order chi connectivity index (χ1) is 7.08. The molecule has 0 atom stereocenters. The molecule has 0 aliphatic heterocycles. The fourth-order valence-electron chi connectivity index (χ4n) is 1.30. The Hall–Kier alpha value is -2.04. The van der Waals surface area contributed by atoms with E-state index < -0.39 is 0 Å². The van der Waals surface area contributed by atoms with Crippen LogP contribution < -0.4 is 11.5 Å². The number of benzene rings is 1. The second kappa shape index (κ2) is 3.27. The minimum Gasteiger partial charge on any atom is -0.398 e. The lowest BCUT2D eigenvalue weighted by atomic mass is 10.1. The number of nitrogens with two attached hydrogens (primary N) is 2. The van der Waals surface area contributed by atoms with Crippen LogP contribution in [0.15, 0.2) is 18.2 Å². The number of nitrogen functional groups attached to an aromatic ring is 2. The van der Waals surface area contributed by atoms with E-state index in [1.54, 1.807) is 7.05 Å². The predicted molar refractivity (Wildman–Crippen MR) is 60.0 cm³/mol. The molecular formula is C10H13N5. The molecule has 0 fully saturated rings. The zero-order chi connectivity index (χ0) is 11.0. The lowest BCUT2D eigenvalue weighted by molar-refractivity contribution is 0.781. The Bertz CT molecular complexity index is 481. The molecule has 0 aliphatic carbocycles. The van der Waals surface area contributed by atoms with Crippen molar-refractivity contribution in [2.45, 2.75) is 6.92 Å². The summed E-state index contributed by atoms with van der Waals surface area (Å²) in [6.07, 6.45) is 0. The number of nitrogens with zero attached hydrogens (tertiary/aromatic N) is 3. The molecule has 0 saturated carbocycles. The number of rotatable bonds is 1. The third kappa shape index (κ3) is 1.63. The second-order valence-electron chi connectivity index (χ2n) is 3.49. The van der Waals surface area contributed by atoms with Gasteiger partial charge in [0.05, 0.1) is 0 Å². The molecule has 5 heteroatoms. The van der Waals surface area contributed by atoms with Crippen molar-refractivity contribution in [3.63, 3.8) is 0 Å². The first kappa shape index (κ1) is 9.51. The van der Waals surface area contributed by atoms with Gasteiger partial charge in [-0.2, -0.15) is 4.98 Å². The number of hydrogen-bond donors (Lipinski definition) is 2. The van der Waals surface area contributed by atoms with Gasteiger partial charge in [0.2, 0.25) is 5.95 Å². The quantitative estimate of drug-likeness (QED) is 0.676. The summed E-state index contributed by atoms with van der Waals surface area (Å²) in [5.41, 5.74) is 14.1. The molecule has 78 valence electrons. The van der Waals surface area contributed by atoms with Crippen LogP contribution in [-0.2, 0) is 7.05 Å². The van der Waals surface area contributed by atoms with E-state index in [2.05, 4.69) is 10.1 Å². The zero-order valence-corrected chi connectivity index (χ0v) is 8.73. The molecule has 0 amide bonds. The van der Waals surface area contributed by atoms with Crippen LogP contribution in [0.3, 0.4) is 0 Å². The van der Waals surface area contributed by atoms with E-state index in [4.69, 9.17) is 11.5 Å². The SMILES string of the molecule is Cc1ccc(-c2nc(N)n(C)n2)cc1N. The fraction of sp³-hybridized carbons (Fsp3) is 0.200. The highest BCUT2D eigenvalue weighted by atomic mass is 15.4. The average molecular weight is 203 g/mol. The van der Waals surface area contributed by atoms with Crippen molar-refractivity contribution in [2.24, 2.45) is 7.05 Å². The van der Waals surface area contributed by atoms with Crippen LogP contribution in [0.2, 0.25) is 0 Å². The number of aryl methyl sites for hydroxylation is 2. The first-order valence-corrected chi connectivity index (χ1v) is 4.61. The highest BCUT2D eigenvalue weighted by Crippen LogP contribution is 2.21. The Morgan fingerprint density at radius 2 is 2.00 bits per heavy atom. The molecule has 2 aromatic rings. The van der Waals surface area contributed by atoms with Crippen LogP contribution in [0.1, 0.15) is 5.56 Å². The number of anilines is 2. The van der Waals surface area contributed by atoms with Gasteiger partial charge >= 0.3 is 0 Å². The molecular weight excluding hydrogens is 190 g/mol. The number of hydrogen-bond acceptors (Lipinski definition) is 4. The smallest absolute Gasteiger partial charge is 0.218 e. The van der Waals surface area contributed by atoms with Gasteiger partial charge in [0.15, 0.2) is 5.82 Å². The van der Waals surface area contributed by atoms with E-state index in [0.29, 0.717) is 11.8 Å². The monoisotopic (exact) mass is 203 g/mol. The Kier molecular flexibility index (Phi) is 2.07. The zero-order valence-electron chi connectivity index (χ0n) is 8.73. The molecule has 0 spiro atoms. The average Bonchev–Trinajstić information content (AvgIpc) is 2.52. The second-order valence-corrected chi connectivity index (χ2v) is 3.49. The van der Waals surface area contributed by atoms with Crippen molar-refractivity contribution in [3.8, 4) is 11.4 Å². The highest BCUT2D eigenvalue weighted by molar-refractivity contribution is 5.64. The molecule has 0 radical (unpaired) electrons. The Labute approximate surface area is 87.7 Å². The van der Waals surface area contributed by atoms with Crippen molar-refractivity contribution < 1.29 is 0 Å². The van der Waals surface area contributed by atoms with Crippen molar-refractivity contribution in [1.29, 1.82) is 0 Å². The van der Waals surface area contributed by atoms with Crippen LogP contribution in [0.25, 0.3) is 11.4 Å². The standard InChI is InChI=1S/C10H13N5/c1-6-3-4-7(5-8(6)11)9-13-10(12)15(2)14-9/h3-5H,11H2,1-2H3,(H2,12,13,14). The van der Waals surface area contributed by atoms with E-state index >= 15 is 0 Å². The van der Waals surface area contributed by atoms with Crippen LogP contribution in [0, 0.1) is 6.92 Å². The molecule has 15 heavy (non-hydrogen) atoms. The molecule has 1 aromatic carbocycles. The molecule has 4 N–H and O–H groups in total. The Morgan fingerprint density at radius 1 is 1.27 bits per heavy atom. The highest BCUT2D eigenvalue weighted by Gasteiger charge is 2.07. The summed E-state index contributed by atoms with van der Waals surface area (Å²) in [6, 6.07) is 5.72. The first-order valence-electron chi connectivity index (χ1n) is 4.61. The van der Waals surface area contributed by atoms with E-state index in [0.717, 1.165) is 16.8 Å². The molecule has 0 unspecified atom stereocenters. The van der Waals surface area contributed by atoms with Crippen molar-refractivity contribution in [3.05, 3.63) is 23.8 Å². The maximum atomic E-state index is 5.81. The summed E-state index contributed by atoms with van der Waals surface area (Å²) in [5, 5.41) is 4.18. The molecule has 0 aliphatic rings. The van der Waals surface area contributed by atoms with Gasteiger partial charge in [-0.3, -0.25) is 0 Å². The van der Waals surface area contributed by atoms with Crippen LogP contribution in [0.4, 0.5) is 11.6 Å². The summed E-state index contributed by atoms with van der Waals surface area (Å²) in [6.45, 7) is 1.96. The third-order valence-corrected chi connectivity index (χ3v) is 2.33. The minimum atomic E-state index is 0.393. The van der Waals surface area contributed by atoms with Crippen molar-refractivity contribution in [2.75, 3.05) is 11.5 Å². The molecule has 1 aromatic heterocycles. The molecule has 0 bridgehead atoms. The number of aromatic nitrogens is 3. The van der Waals surface area contributed by atoms with E-state index in [1.165, 1.54) is 4.68 Å². The van der Waals surface area contributed by atoms with Crippen molar-refractivity contribution >= 4 is 11.6 Å². The molecule has 1 heterocycles. The molecule has 2 rings (SSSR count). The maximum Gasteiger partial charge on any atom is 0.218 e. The topological polar surface area (TPSA) is 82.8 Å². The van der Waals surface area contributed by atoms with Crippen LogP contribution in [0.5, 0.6) is 0 Å². The van der Waals surface area contributed by atoms with Crippen molar-refractivity contribution in [1.82, 2.24) is 14.8 Å². The van der Waals surface area contributed by atoms with Gasteiger partial charge in [-0.25, -0.2) is 4.68 Å². The van der Waals surface area contributed by atoms with Crippen LogP contribution >= 0.6 is 0 Å². The summed E-state index contributed by atoms with van der Waals surface area (Å²) in [4.78, 5) is 4.13. The van der Waals surface area contributed by atoms with Gasteiger partial charge in [-0.05, 0) is 18.6 Å². The fourth-order valence-corrected chi connectivity index (χ4v) is 1.30. The lowest BCUT2D eigenvalue weighted by Gasteiger charge is -2.00. The van der Waals surface area contributed by atoms with E-state index in [1.807, 2.05) is 25.1 Å². The summed E-state index contributed by atoms with van der Waals surface area (Å²) in [5.74, 6) is 0.992. The predicted octanol–water partition coefficient (Wildman–Crippen LogP) is 0.955. The van der Waals surface area contributed by atoms with E-state index in [9.17, 15) is 0 Å². The van der Waals surface area contributed by atoms with E-state index in [-0.39, 0.29) is 0 Å².